The molecule has 0 aromatic heterocycles. The van der Waals surface area contributed by atoms with Gasteiger partial charge in [0.1, 0.15) is 17.6 Å². The molecule has 7 nitrogen and oxygen atoms in total. The van der Waals surface area contributed by atoms with Crippen molar-refractivity contribution in [1.82, 2.24) is 0 Å². The van der Waals surface area contributed by atoms with E-state index in [4.69, 9.17) is 23.7 Å². The van der Waals surface area contributed by atoms with Crippen LogP contribution in [-0.4, -0.2) is 46.5 Å². The first-order valence-corrected chi connectivity index (χ1v) is 16.3. The third-order valence-electron chi connectivity index (χ3n) is 8.02. The van der Waals surface area contributed by atoms with Crippen LogP contribution in [0.2, 0.25) is 0 Å². The Morgan fingerprint density at radius 3 is 1.53 bits per heavy atom. The summed E-state index contributed by atoms with van der Waals surface area (Å²) in [6.07, 6.45) is -0.468. The van der Waals surface area contributed by atoms with E-state index in [9.17, 15) is 9.59 Å². The number of carbonyl (C=O) groups is 2. The second kappa shape index (κ2) is 15.3. The van der Waals surface area contributed by atoms with Crippen LogP contribution in [0.4, 0.5) is 0 Å². The van der Waals surface area contributed by atoms with E-state index >= 15 is 0 Å². The molecule has 0 saturated heterocycles. The molecule has 2 aliphatic carbocycles. The van der Waals surface area contributed by atoms with Crippen LogP contribution in [0.5, 0.6) is 11.5 Å². The molecule has 0 spiro atoms. The fourth-order valence-electron chi connectivity index (χ4n) is 5.99. The lowest BCUT2D eigenvalue weighted by molar-refractivity contribution is -0.140. The number of methoxy groups -OCH3 is 3. The average molecular weight is 698 g/mol. The number of alkyl halides is 1. The number of rotatable bonds is 9. The molecule has 0 saturated carbocycles. The molecule has 0 bridgehead atoms. The number of halogens is 1. The summed E-state index contributed by atoms with van der Waals surface area (Å²) < 4.78 is 26.9. The van der Waals surface area contributed by atoms with Gasteiger partial charge in [0.15, 0.2) is 0 Å². The maximum absolute atomic E-state index is 12.6. The molecular formula is C39H37BrO7. The van der Waals surface area contributed by atoms with Gasteiger partial charge < -0.3 is 23.7 Å². The Labute approximate surface area is 283 Å². The molecule has 0 aliphatic heterocycles. The molecule has 2 aliphatic rings. The van der Waals surface area contributed by atoms with E-state index in [0.717, 1.165) is 56.0 Å². The summed E-state index contributed by atoms with van der Waals surface area (Å²) in [4.78, 5) is 24.9. The SMILES string of the molecule is CCOC(=O)C1=C(c2ccccc2)c2ccc(OC)cc2C1Br.CCOC(=O)C1=C(c2ccccc2)c2ccc(OC)cc2C1OC. The molecule has 4 aromatic rings. The highest BCUT2D eigenvalue weighted by atomic mass is 79.9. The van der Waals surface area contributed by atoms with Gasteiger partial charge >= 0.3 is 11.9 Å². The molecule has 8 heteroatoms. The van der Waals surface area contributed by atoms with Gasteiger partial charge in [-0.2, -0.15) is 0 Å². The summed E-state index contributed by atoms with van der Waals surface area (Å²) in [6, 6.07) is 31.4. The number of benzene rings is 4. The Morgan fingerprint density at radius 1 is 0.617 bits per heavy atom. The maximum atomic E-state index is 12.6. The Balaban J connectivity index is 0.000000185. The van der Waals surface area contributed by atoms with Crippen LogP contribution >= 0.6 is 15.9 Å². The van der Waals surface area contributed by atoms with Crippen molar-refractivity contribution in [3.63, 3.8) is 0 Å². The van der Waals surface area contributed by atoms with Gasteiger partial charge in [-0.25, -0.2) is 9.59 Å². The van der Waals surface area contributed by atoms with Gasteiger partial charge in [-0.15, -0.1) is 0 Å². The van der Waals surface area contributed by atoms with Crippen LogP contribution in [0.15, 0.2) is 108 Å². The average Bonchev–Trinajstić information content (AvgIpc) is 3.60. The molecule has 47 heavy (non-hydrogen) atoms. The largest absolute Gasteiger partial charge is 0.497 e. The van der Waals surface area contributed by atoms with E-state index in [2.05, 4.69) is 15.9 Å². The Kier molecular flexibility index (Phi) is 11.0. The van der Waals surface area contributed by atoms with Crippen molar-refractivity contribution in [3.05, 3.63) is 142 Å². The lowest BCUT2D eigenvalue weighted by Crippen LogP contribution is -2.14. The third-order valence-corrected chi connectivity index (χ3v) is 8.97. The number of ether oxygens (including phenoxy) is 5. The molecule has 6 rings (SSSR count). The Bertz CT molecular complexity index is 1810. The lowest BCUT2D eigenvalue weighted by atomic mass is 9.97. The van der Waals surface area contributed by atoms with Crippen molar-refractivity contribution < 1.29 is 33.3 Å². The number of hydrogen-bond donors (Lipinski definition) is 0. The molecule has 0 fully saturated rings. The van der Waals surface area contributed by atoms with Crippen molar-refractivity contribution in [2.45, 2.75) is 24.8 Å². The first-order chi connectivity index (χ1) is 22.9. The summed E-state index contributed by atoms with van der Waals surface area (Å²) >= 11 is 3.66. The molecule has 0 amide bonds. The predicted octanol–water partition coefficient (Wildman–Crippen LogP) is 8.27. The van der Waals surface area contributed by atoms with Gasteiger partial charge in [-0.05, 0) is 71.5 Å². The summed E-state index contributed by atoms with van der Waals surface area (Å²) in [5, 5.41) is 0. The van der Waals surface area contributed by atoms with Crippen molar-refractivity contribution in [1.29, 1.82) is 0 Å². The zero-order valence-corrected chi connectivity index (χ0v) is 28.6. The quantitative estimate of drug-likeness (QED) is 0.129. The summed E-state index contributed by atoms with van der Waals surface area (Å²) in [7, 11) is 4.86. The van der Waals surface area contributed by atoms with E-state index in [1.54, 1.807) is 28.3 Å². The number of carbonyl (C=O) groups excluding carboxylic acids is 2. The highest BCUT2D eigenvalue weighted by Crippen LogP contribution is 2.50. The monoisotopic (exact) mass is 696 g/mol. The first-order valence-electron chi connectivity index (χ1n) is 15.3. The summed E-state index contributed by atoms with van der Waals surface area (Å²) in [5.74, 6) is 0.862. The van der Waals surface area contributed by atoms with E-state index in [1.807, 2.05) is 104 Å². The Morgan fingerprint density at radius 2 is 1.06 bits per heavy atom. The molecule has 2 unspecified atom stereocenters. The van der Waals surface area contributed by atoms with Crippen LogP contribution in [0.25, 0.3) is 11.1 Å². The minimum atomic E-state index is -0.468. The Hall–Kier alpha value is -4.66. The third kappa shape index (κ3) is 6.75. The second-order valence-electron chi connectivity index (χ2n) is 10.6. The van der Waals surface area contributed by atoms with E-state index in [-0.39, 0.29) is 16.8 Å². The minimum Gasteiger partial charge on any atom is -0.497 e. The van der Waals surface area contributed by atoms with Crippen molar-refractivity contribution in [2.75, 3.05) is 34.5 Å². The van der Waals surface area contributed by atoms with E-state index in [0.29, 0.717) is 24.4 Å². The molecule has 4 aromatic carbocycles. The topological polar surface area (TPSA) is 80.3 Å². The van der Waals surface area contributed by atoms with E-state index < -0.39 is 6.10 Å². The van der Waals surface area contributed by atoms with Crippen LogP contribution in [0.1, 0.15) is 58.2 Å². The molecule has 2 atom stereocenters. The standard InChI is InChI=1S/C20H20O4.C19H17BrO3/c1-4-24-20(21)18-17(13-8-6-5-7-9-13)15-11-10-14(22-2)12-16(15)19(18)23-3;1-3-23-19(21)17-16(12-7-5-4-6-8-12)14-10-9-13(22-2)11-15(14)18(17)20/h5-12,19H,4H2,1-3H3;4-11,18H,3H2,1-2H3. The fourth-order valence-corrected chi connectivity index (χ4v) is 6.78. The number of hydrogen-bond acceptors (Lipinski definition) is 7. The van der Waals surface area contributed by atoms with Gasteiger partial charge in [0.25, 0.3) is 0 Å². The molecule has 0 N–H and O–H groups in total. The van der Waals surface area contributed by atoms with Crippen molar-refractivity contribution in [3.8, 4) is 11.5 Å². The van der Waals surface area contributed by atoms with Crippen molar-refractivity contribution in [2.24, 2.45) is 0 Å². The zero-order valence-electron chi connectivity index (χ0n) is 27.0. The zero-order chi connectivity index (χ0) is 33.5. The molecule has 0 heterocycles. The van der Waals surface area contributed by atoms with Crippen LogP contribution in [0, 0.1) is 0 Å². The highest BCUT2D eigenvalue weighted by Gasteiger charge is 2.38. The van der Waals surface area contributed by atoms with Gasteiger partial charge in [0.05, 0.1) is 43.4 Å². The van der Waals surface area contributed by atoms with Gasteiger partial charge in [-0.3, -0.25) is 0 Å². The number of fused-ring (bicyclic) bond motifs is 2. The summed E-state index contributed by atoms with van der Waals surface area (Å²) in [5.41, 5.74) is 8.86. The first kappa shape index (κ1) is 33.7. The highest BCUT2D eigenvalue weighted by molar-refractivity contribution is 9.09. The lowest BCUT2D eigenvalue weighted by Gasteiger charge is -2.14. The second-order valence-corrected chi connectivity index (χ2v) is 11.6. The van der Waals surface area contributed by atoms with Crippen LogP contribution < -0.4 is 9.47 Å². The predicted molar refractivity (Wildman–Crippen MR) is 186 cm³/mol. The molecular weight excluding hydrogens is 660 g/mol. The molecule has 242 valence electrons. The van der Waals surface area contributed by atoms with E-state index in [1.165, 1.54) is 0 Å². The normalized spacial score (nSPS) is 16.1. The van der Waals surface area contributed by atoms with Crippen LogP contribution in [0.3, 0.4) is 0 Å². The van der Waals surface area contributed by atoms with Crippen LogP contribution in [-0.2, 0) is 23.8 Å². The minimum absolute atomic E-state index is 0.207. The van der Waals surface area contributed by atoms with Gasteiger partial charge in [0, 0.05) is 18.3 Å². The van der Waals surface area contributed by atoms with Crippen molar-refractivity contribution >= 4 is 39.0 Å². The molecule has 0 radical (unpaired) electrons. The van der Waals surface area contributed by atoms with Gasteiger partial charge in [0.2, 0.25) is 0 Å². The smallest absolute Gasteiger partial charge is 0.337 e. The summed E-state index contributed by atoms with van der Waals surface area (Å²) in [6.45, 7) is 4.28. The fraction of sp³-hybridized carbons (Fsp3) is 0.231. The number of esters is 2. The van der Waals surface area contributed by atoms with Gasteiger partial charge in [-0.1, -0.05) is 88.7 Å². The maximum Gasteiger partial charge on any atom is 0.337 e.